The minimum Gasteiger partial charge on any atom is -0.351 e. The minimum absolute atomic E-state index is 0.00361. The van der Waals surface area contributed by atoms with Crippen LogP contribution in [0.1, 0.15) is 40.7 Å². The summed E-state index contributed by atoms with van der Waals surface area (Å²) >= 11 is 1.62. The van der Waals surface area contributed by atoms with Gasteiger partial charge in [-0.05, 0) is 62.7 Å². The van der Waals surface area contributed by atoms with E-state index < -0.39 is 0 Å². The van der Waals surface area contributed by atoms with Crippen molar-refractivity contribution in [2.75, 3.05) is 26.2 Å². The van der Waals surface area contributed by atoms with Crippen molar-refractivity contribution in [1.29, 1.82) is 0 Å². The first-order valence-corrected chi connectivity index (χ1v) is 12.3. The maximum atomic E-state index is 12.5. The molecular weight excluding hydrogens is 416 g/mol. The van der Waals surface area contributed by atoms with Gasteiger partial charge in [0.25, 0.3) is 5.91 Å². The normalized spacial score (nSPS) is 14.3. The van der Waals surface area contributed by atoms with Crippen LogP contribution in [0.3, 0.4) is 0 Å². The second kappa shape index (κ2) is 11.2. The van der Waals surface area contributed by atoms with E-state index in [1.54, 1.807) is 11.8 Å². The second-order valence-electron chi connectivity index (χ2n) is 8.27. The van der Waals surface area contributed by atoms with Crippen molar-refractivity contribution < 1.29 is 4.79 Å². The summed E-state index contributed by atoms with van der Waals surface area (Å²) in [7, 11) is 0. The molecule has 0 bridgehead atoms. The fraction of sp³-hybridized carbons (Fsp3) is 0.346. The highest BCUT2D eigenvalue weighted by Crippen LogP contribution is 2.23. The van der Waals surface area contributed by atoms with Gasteiger partial charge in [0.05, 0.1) is 5.69 Å². The molecule has 5 nitrogen and oxygen atoms in total. The number of carbonyl (C=O) groups is 1. The standard InChI is InChI=1S/C26H30N4OS/c1-20-8-10-22(11-9-20)24-12-13-25(29-28-24)32-19-21-6-5-7-23(18-21)26(31)27-14-17-30-15-3-2-4-16-30/h5-13,18H,2-4,14-17,19H2,1H3,(H,27,31). The summed E-state index contributed by atoms with van der Waals surface area (Å²) in [5.74, 6) is 0.740. The maximum Gasteiger partial charge on any atom is 0.251 e. The molecule has 0 radical (unpaired) electrons. The Kier molecular flexibility index (Phi) is 7.91. The van der Waals surface area contributed by atoms with Gasteiger partial charge < -0.3 is 10.2 Å². The molecule has 166 valence electrons. The van der Waals surface area contributed by atoms with Crippen LogP contribution >= 0.6 is 11.8 Å². The molecule has 2 heterocycles. The fourth-order valence-corrected chi connectivity index (χ4v) is 4.60. The Hall–Kier alpha value is -2.70. The SMILES string of the molecule is Cc1ccc(-c2ccc(SCc3cccc(C(=O)NCCN4CCCCC4)c3)nn2)cc1. The smallest absolute Gasteiger partial charge is 0.251 e. The van der Waals surface area contributed by atoms with E-state index >= 15 is 0 Å². The molecule has 32 heavy (non-hydrogen) atoms. The number of piperidine rings is 1. The molecule has 1 amide bonds. The average molecular weight is 447 g/mol. The van der Waals surface area contributed by atoms with E-state index in [1.807, 2.05) is 36.4 Å². The Labute approximate surface area is 194 Å². The summed E-state index contributed by atoms with van der Waals surface area (Å²) < 4.78 is 0. The first-order valence-electron chi connectivity index (χ1n) is 11.3. The maximum absolute atomic E-state index is 12.5. The molecule has 6 heteroatoms. The minimum atomic E-state index is -0.00361. The average Bonchev–Trinajstić information content (AvgIpc) is 2.84. The van der Waals surface area contributed by atoms with Crippen LogP contribution in [0, 0.1) is 6.92 Å². The predicted molar refractivity (Wildman–Crippen MR) is 131 cm³/mol. The summed E-state index contributed by atoms with van der Waals surface area (Å²) in [6, 6.07) is 20.1. The van der Waals surface area contributed by atoms with Crippen molar-refractivity contribution in [3.8, 4) is 11.3 Å². The van der Waals surface area contributed by atoms with E-state index in [0.717, 1.165) is 47.2 Å². The largest absolute Gasteiger partial charge is 0.351 e. The third-order valence-electron chi connectivity index (χ3n) is 5.73. The lowest BCUT2D eigenvalue weighted by molar-refractivity contribution is 0.0946. The molecule has 0 saturated carbocycles. The third-order valence-corrected chi connectivity index (χ3v) is 6.72. The van der Waals surface area contributed by atoms with E-state index in [-0.39, 0.29) is 5.91 Å². The molecule has 1 aromatic heterocycles. The molecule has 4 rings (SSSR count). The van der Waals surface area contributed by atoms with E-state index in [9.17, 15) is 4.79 Å². The van der Waals surface area contributed by atoms with E-state index in [2.05, 4.69) is 51.6 Å². The van der Waals surface area contributed by atoms with Crippen LogP contribution in [0.2, 0.25) is 0 Å². The van der Waals surface area contributed by atoms with Crippen LogP contribution in [-0.2, 0) is 5.75 Å². The number of nitrogens with zero attached hydrogens (tertiary/aromatic N) is 3. The summed E-state index contributed by atoms with van der Waals surface area (Å²) in [6.07, 6.45) is 3.87. The zero-order valence-electron chi connectivity index (χ0n) is 18.6. The van der Waals surface area contributed by atoms with Crippen LogP contribution in [0.5, 0.6) is 0 Å². The summed E-state index contributed by atoms with van der Waals surface area (Å²) in [6.45, 7) is 6.00. The molecule has 1 aliphatic rings. The lowest BCUT2D eigenvalue weighted by Crippen LogP contribution is -2.37. The number of likely N-dealkylation sites (tertiary alicyclic amines) is 1. The molecular formula is C26H30N4OS. The van der Waals surface area contributed by atoms with Gasteiger partial charge in [0, 0.05) is 30.0 Å². The Balaban J connectivity index is 1.27. The number of rotatable bonds is 8. The molecule has 3 aromatic rings. The lowest BCUT2D eigenvalue weighted by atomic mass is 10.1. The van der Waals surface area contributed by atoms with E-state index in [0.29, 0.717) is 12.1 Å². The Morgan fingerprint density at radius 3 is 2.56 bits per heavy atom. The first kappa shape index (κ1) is 22.5. The zero-order chi connectivity index (χ0) is 22.2. The summed E-state index contributed by atoms with van der Waals surface area (Å²) in [5, 5.41) is 12.7. The Bertz CT molecular complexity index is 1010. The molecule has 1 aliphatic heterocycles. The number of benzene rings is 2. The molecule has 1 fully saturated rings. The van der Waals surface area contributed by atoms with Crippen molar-refractivity contribution in [3.63, 3.8) is 0 Å². The van der Waals surface area contributed by atoms with Gasteiger partial charge in [0.2, 0.25) is 0 Å². The molecule has 0 atom stereocenters. The highest BCUT2D eigenvalue weighted by Gasteiger charge is 2.11. The van der Waals surface area contributed by atoms with Gasteiger partial charge in [-0.1, -0.05) is 60.1 Å². The molecule has 0 aliphatic carbocycles. The van der Waals surface area contributed by atoms with E-state index in [1.165, 1.54) is 24.8 Å². The van der Waals surface area contributed by atoms with Gasteiger partial charge in [0.15, 0.2) is 0 Å². The molecule has 0 unspecified atom stereocenters. The molecule has 2 aromatic carbocycles. The third kappa shape index (κ3) is 6.40. The number of hydrogen-bond acceptors (Lipinski definition) is 5. The van der Waals surface area contributed by atoms with Crippen molar-refractivity contribution >= 4 is 17.7 Å². The number of aryl methyl sites for hydroxylation is 1. The molecule has 1 N–H and O–H groups in total. The lowest BCUT2D eigenvalue weighted by Gasteiger charge is -2.26. The fourth-order valence-electron chi connectivity index (χ4n) is 3.85. The van der Waals surface area contributed by atoms with Gasteiger partial charge in [-0.2, -0.15) is 0 Å². The highest BCUT2D eigenvalue weighted by molar-refractivity contribution is 7.98. The number of hydrogen-bond donors (Lipinski definition) is 1. The van der Waals surface area contributed by atoms with Gasteiger partial charge in [0.1, 0.15) is 5.03 Å². The van der Waals surface area contributed by atoms with Crippen molar-refractivity contribution in [2.45, 2.75) is 37.0 Å². The van der Waals surface area contributed by atoms with Crippen LogP contribution in [0.25, 0.3) is 11.3 Å². The van der Waals surface area contributed by atoms with Crippen LogP contribution in [-0.4, -0.2) is 47.2 Å². The van der Waals surface area contributed by atoms with E-state index in [4.69, 9.17) is 0 Å². The van der Waals surface area contributed by atoms with Crippen LogP contribution in [0.15, 0.2) is 65.7 Å². The van der Waals surface area contributed by atoms with Gasteiger partial charge in [-0.15, -0.1) is 10.2 Å². The van der Waals surface area contributed by atoms with Gasteiger partial charge in [-0.25, -0.2) is 0 Å². The Morgan fingerprint density at radius 1 is 1.00 bits per heavy atom. The number of aromatic nitrogens is 2. The summed E-state index contributed by atoms with van der Waals surface area (Å²) in [4.78, 5) is 15.0. The molecule has 1 saturated heterocycles. The monoisotopic (exact) mass is 446 g/mol. The van der Waals surface area contributed by atoms with Crippen molar-refractivity contribution in [3.05, 3.63) is 77.4 Å². The van der Waals surface area contributed by atoms with Crippen molar-refractivity contribution in [1.82, 2.24) is 20.4 Å². The number of amides is 1. The quantitative estimate of drug-likeness (QED) is 0.496. The number of nitrogens with one attached hydrogen (secondary N) is 1. The van der Waals surface area contributed by atoms with Crippen molar-refractivity contribution in [2.24, 2.45) is 0 Å². The van der Waals surface area contributed by atoms with Gasteiger partial charge in [-0.3, -0.25) is 4.79 Å². The number of carbonyl (C=O) groups excluding carboxylic acids is 1. The van der Waals surface area contributed by atoms with Crippen LogP contribution < -0.4 is 5.32 Å². The topological polar surface area (TPSA) is 58.1 Å². The zero-order valence-corrected chi connectivity index (χ0v) is 19.4. The Morgan fingerprint density at radius 2 is 1.81 bits per heavy atom. The highest BCUT2D eigenvalue weighted by atomic mass is 32.2. The second-order valence-corrected chi connectivity index (χ2v) is 9.27. The van der Waals surface area contributed by atoms with Gasteiger partial charge >= 0.3 is 0 Å². The summed E-state index contributed by atoms with van der Waals surface area (Å²) in [5.41, 5.74) is 4.98. The predicted octanol–water partition coefficient (Wildman–Crippen LogP) is 4.96. The number of thioether (sulfide) groups is 1. The molecule has 0 spiro atoms. The van der Waals surface area contributed by atoms with Crippen LogP contribution in [0.4, 0.5) is 0 Å². The first-order chi connectivity index (χ1) is 15.7.